The Balaban J connectivity index is 1.73. The first-order valence-corrected chi connectivity index (χ1v) is 8.07. The van der Waals surface area contributed by atoms with Gasteiger partial charge in [0.1, 0.15) is 0 Å². The summed E-state index contributed by atoms with van der Waals surface area (Å²) < 4.78 is 18.4. The van der Waals surface area contributed by atoms with Crippen molar-refractivity contribution in [3.05, 3.63) is 77.2 Å². The molecule has 26 heavy (non-hydrogen) atoms. The highest BCUT2D eigenvalue weighted by molar-refractivity contribution is 6.33. The minimum Gasteiger partial charge on any atom is -0.479 e. The van der Waals surface area contributed by atoms with Gasteiger partial charge in [0.2, 0.25) is 5.88 Å². The van der Waals surface area contributed by atoms with E-state index in [1.165, 1.54) is 19.4 Å². The Morgan fingerprint density at radius 2 is 1.96 bits per heavy atom. The highest BCUT2D eigenvalue weighted by atomic mass is 35.5. The van der Waals surface area contributed by atoms with E-state index in [0.29, 0.717) is 16.3 Å². The van der Waals surface area contributed by atoms with E-state index in [1.54, 1.807) is 24.3 Å². The van der Waals surface area contributed by atoms with Crippen LogP contribution in [0.25, 0.3) is 11.1 Å². The molecule has 0 radical (unpaired) electrons. The predicted octanol–water partition coefficient (Wildman–Crippen LogP) is 4.31. The first-order valence-electron chi connectivity index (χ1n) is 7.69. The third-order valence-corrected chi connectivity index (χ3v) is 3.96. The molecule has 1 amide bonds. The van der Waals surface area contributed by atoms with E-state index in [1.807, 2.05) is 24.3 Å². The van der Waals surface area contributed by atoms with Crippen molar-refractivity contribution in [1.29, 1.82) is 0 Å². The number of methoxy groups -OCH3 is 1. The van der Waals surface area contributed by atoms with Gasteiger partial charge in [0, 0.05) is 22.2 Å². The maximum absolute atomic E-state index is 13.6. The monoisotopic (exact) mass is 371 g/mol. The van der Waals surface area contributed by atoms with E-state index in [2.05, 4.69) is 15.8 Å². The Morgan fingerprint density at radius 3 is 2.69 bits per heavy atom. The molecule has 0 unspecified atom stereocenters. The number of aromatic nitrogens is 1. The molecule has 132 valence electrons. The fourth-order valence-electron chi connectivity index (χ4n) is 2.37. The smallest absolute Gasteiger partial charge is 0.269 e. The number of rotatable bonds is 5. The maximum atomic E-state index is 13.6. The second-order valence-electron chi connectivity index (χ2n) is 5.35. The van der Waals surface area contributed by atoms with E-state index < -0.39 is 5.82 Å². The quantitative estimate of drug-likeness (QED) is 0.656. The summed E-state index contributed by atoms with van der Waals surface area (Å²) in [7, 11) is 1.33. The highest BCUT2D eigenvalue weighted by Crippen LogP contribution is 2.28. The molecular formula is C19H15ClFN3O2. The second-order valence-corrected chi connectivity index (χ2v) is 5.76. The molecule has 0 saturated heterocycles. The van der Waals surface area contributed by atoms with Crippen LogP contribution in [0.3, 0.4) is 0 Å². The summed E-state index contributed by atoms with van der Waals surface area (Å²) in [6.45, 7) is 0. The SMILES string of the molecule is COc1ncc(NNC(=O)c2cccc(-c3ccccc3Cl)c2)cc1F. The van der Waals surface area contributed by atoms with Crippen LogP contribution < -0.4 is 15.6 Å². The molecule has 0 spiro atoms. The molecular weight excluding hydrogens is 357 g/mol. The minimum atomic E-state index is -0.632. The summed E-state index contributed by atoms with van der Waals surface area (Å²) in [5, 5.41) is 0.600. The number of benzene rings is 2. The zero-order valence-corrected chi connectivity index (χ0v) is 14.5. The van der Waals surface area contributed by atoms with Gasteiger partial charge >= 0.3 is 0 Å². The molecule has 3 rings (SSSR count). The van der Waals surface area contributed by atoms with Gasteiger partial charge in [-0.15, -0.1) is 0 Å². The van der Waals surface area contributed by atoms with Crippen molar-refractivity contribution in [2.24, 2.45) is 0 Å². The third kappa shape index (κ3) is 3.92. The number of hydrogen-bond acceptors (Lipinski definition) is 4. The van der Waals surface area contributed by atoms with Gasteiger partial charge in [-0.05, 0) is 23.8 Å². The van der Waals surface area contributed by atoms with Crippen LogP contribution in [0.4, 0.5) is 10.1 Å². The van der Waals surface area contributed by atoms with Crippen LogP contribution in [0.2, 0.25) is 5.02 Å². The van der Waals surface area contributed by atoms with E-state index in [9.17, 15) is 9.18 Å². The molecule has 0 aliphatic heterocycles. The summed E-state index contributed by atoms with van der Waals surface area (Å²) in [5.41, 5.74) is 7.50. The Bertz CT molecular complexity index is 950. The van der Waals surface area contributed by atoms with Crippen LogP contribution in [-0.4, -0.2) is 18.0 Å². The standard InChI is InChI=1S/C19H15ClFN3O2/c1-26-19-17(21)10-14(11-22-19)23-24-18(25)13-6-4-5-12(9-13)15-7-2-3-8-16(15)20/h2-11,23H,1H3,(H,24,25). The number of hydrazine groups is 1. The number of nitrogens with one attached hydrogen (secondary N) is 2. The number of pyridine rings is 1. The molecule has 5 nitrogen and oxygen atoms in total. The van der Waals surface area contributed by atoms with Gasteiger partial charge in [0.05, 0.1) is 19.0 Å². The van der Waals surface area contributed by atoms with Gasteiger partial charge in [-0.25, -0.2) is 9.37 Å². The van der Waals surface area contributed by atoms with Gasteiger partial charge in [-0.3, -0.25) is 15.6 Å². The number of anilines is 1. The summed E-state index contributed by atoms with van der Waals surface area (Å²) in [5.74, 6) is -1.13. The topological polar surface area (TPSA) is 63.2 Å². The lowest BCUT2D eigenvalue weighted by Crippen LogP contribution is -2.29. The molecule has 0 fully saturated rings. The van der Waals surface area contributed by atoms with Crippen LogP contribution in [0.5, 0.6) is 5.88 Å². The lowest BCUT2D eigenvalue weighted by atomic mass is 10.0. The number of carbonyl (C=O) groups is 1. The largest absolute Gasteiger partial charge is 0.479 e. The van der Waals surface area contributed by atoms with Crippen molar-refractivity contribution >= 4 is 23.2 Å². The molecule has 2 N–H and O–H groups in total. The molecule has 0 aliphatic rings. The van der Waals surface area contributed by atoms with Crippen molar-refractivity contribution < 1.29 is 13.9 Å². The zero-order chi connectivity index (χ0) is 18.5. The lowest BCUT2D eigenvalue weighted by molar-refractivity contribution is 0.0962. The maximum Gasteiger partial charge on any atom is 0.269 e. The van der Waals surface area contributed by atoms with Gasteiger partial charge in [-0.2, -0.15) is 0 Å². The number of halogens is 2. The summed E-state index contributed by atoms with van der Waals surface area (Å²) in [6.07, 6.45) is 1.35. The first-order chi connectivity index (χ1) is 12.6. The number of hydrogen-bond donors (Lipinski definition) is 2. The van der Waals surface area contributed by atoms with Crippen molar-refractivity contribution in [2.75, 3.05) is 12.5 Å². The Kier molecular flexibility index (Phi) is 5.34. The number of nitrogens with zero attached hydrogens (tertiary/aromatic N) is 1. The predicted molar refractivity (Wildman–Crippen MR) is 98.7 cm³/mol. The average Bonchev–Trinajstić information content (AvgIpc) is 2.66. The van der Waals surface area contributed by atoms with E-state index in [-0.39, 0.29) is 11.8 Å². The average molecular weight is 372 g/mol. The Morgan fingerprint density at radius 1 is 1.15 bits per heavy atom. The van der Waals surface area contributed by atoms with Gasteiger partial charge in [0.25, 0.3) is 5.91 Å². The van der Waals surface area contributed by atoms with Crippen LogP contribution in [0.15, 0.2) is 60.8 Å². The molecule has 2 aromatic carbocycles. The lowest BCUT2D eigenvalue weighted by Gasteiger charge is -2.10. The summed E-state index contributed by atoms with van der Waals surface area (Å²) >= 11 is 6.21. The molecule has 1 heterocycles. The normalized spacial score (nSPS) is 10.3. The molecule has 1 aromatic heterocycles. The Hall–Kier alpha value is -3.12. The van der Waals surface area contributed by atoms with Crippen molar-refractivity contribution in [3.8, 4) is 17.0 Å². The summed E-state index contributed by atoms with van der Waals surface area (Å²) in [4.78, 5) is 16.1. The minimum absolute atomic E-state index is 0.116. The van der Waals surface area contributed by atoms with Gasteiger partial charge in [0.15, 0.2) is 5.82 Å². The molecule has 0 aliphatic carbocycles. The second kappa shape index (κ2) is 7.84. The molecule has 7 heteroatoms. The van der Waals surface area contributed by atoms with Crippen LogP contribution in [0, 0.1) is 5.82 Å². The molecule has 0 atom stereocenters. The molecule has 3 aromatic rings. The van der Waals surface area contributed by atoms with Crippen LogP contribution >= 0.6 is 11.6 Å². The zero-order valence-electron chi connectivity index (χ0n) is 13.8. The van der Waals surface area contributed by atoms with E-state index >= 15 is 0 Å². The number of ether oxygens (including phenoxy) is 1. The fraction of sp³-hybridized carbons (Fsp3) is 0.0526. The van der Waals surface area contributed by atoms with Crippen LogP contribution in [-0.2, 0) is 0 Å². The van der Waals surface area contributed by atoms with Crippen molar-refractivity contribution in [2.45, 2.75) is 0 Å². The third-order valence-electron chi connectivity index (χ3n) is 3.63. The van der Waals surface area contributed by atoms with E-state index in [4.69, 9.17) is 16.3 Å². The van der Waals surface area contributed by atoms with Crippen LogP contribution in [0.1, 0.15) is 10.4 Å². The molecule has 0 bridgehead atoms. The Labute approximate surface area is 154 Å². The first kappa shape index (κ1) is 17.7. The highest BCUT2D eigenvalue weighted by Gasteiger charge is 2.10. The number of carbonyl (C=O) groups excluding carboxylic acids is 1. The van der Waals surface area contributed by atoms with Gasteiger partial charge in [-0.1, -0.05) is 41.9 Å². The van der Waals surface area contributed by atoms with Crippen molar-refractivity contribution in [3.63, 3.8) is 0 Å². The fourth-order valence-corrected chi connectivity index (χ4v) is 2.61. The van der Waals surface area contributed by atoms with E-state index in [0.717, 1.165) is 11.1 Å². The van der Waals surface area contributed by atoms with Gasteiger partial charge < -0.3 is 4.74 Å². The number of amides is 1. The van der Waals surface area contributed by atoms with Crippen molar-refractivity contribution in [1.82, 2.24) is 10.4 Å². The summed E-state index contributed by atoms with van der Waals surface area (Å²) in [6, 6.07) is 15.6. The molecule has 0 saturated carbocycles.